The van der Waals surface area contributed by atoms with Gasteiger partial charge in [-0.05, 0) is 18.6 Å². The van der Waals surface area contributed by atoms with E-state index in [0.717, 1.165) is 11.3 Å². The Morgan fingerprint density at radius 1 is 1.38 bits per heavy atom. The van der Waals surface area contributed by atoms with Crippen molar-refractivity contribution in [1.82, 2.24) is 0 Å². The standard InChI is InChI=1S/C11H15NO3S/c1-6-5-7(16-8(6)9(13)14)12-10(15)11(2,3)4/h5H,1-4H3,(H,12,15)(H,13,14). The van der Waals surface area contributed by atoms with Crippen LogP contribution >= 0.6 is 11.3 Å². The molecule has 0 aliphatic carbocycles. The second-order valence-corrected chi connectivity index (χ2v) is 5.68. The van der Waals surface area contributed by atoms with Gasteiger partial charge in [-0.1, -0.05) is 20.8 Å². The lowest BCUT2D eigenvalue weighted by Crippen LogP contribution is -2.27. The van der Waals surface area contributed by atoms with Crippen molar-refractivity contribution in [2.45, 2.75) is 27.7 Å². The summed E-state index contributed by atoms with van der Waals surface area (Å²) in [5, 5.41) is 12.2. The lowest BCUT2D eigenvalue weighted by Gasteiger charge is -2.16. The summed E-state index contributed by atoms with van der Waals surface area (Å²) in [4.78, 5) is 22.8. The van der Waals surface area contributed by atoms with E-state index in [0.29, 0.717) is 10.6 Å². The molecule has 16 heavy (non-hydrogen) atoms. The Morgan fingerprint density at radius 2 is 1.94 bits per heavy atom. The summed E-state index contributed by atoms with van der Waals surface area (Å²) in [5.74, 6) is -1.08. The van der Waals surface area contributed by atoms with E-state index in [1.807, 2.05) is 0 Å². The molecule has 0 aromatic carbocycles. The molecule has 2 N–H and O–H groups in total. The zero-order valence-corrected chi connectivity index (χ0v) is 10.6. The third-order valence-corrected chi connectivity index (χ3v) is 3.17. The molecule has 5 heteroatoms. The average Bonchev–Trinajstić information content (AvgIpc) is 2.45. The first-order valence-corrected chi connectivity index (χ1v) is 5.68. The van der Waals surface area contributed by atoms with Crippen molar-refractivity contribution in [1.29, 1.82) is 0 Å². The minimum Gasteiger partial charge on any atom is -0.477 e. The zero-order chi connectivity index (χ0) is 12.5. The Balaban J connectivity index is 2.88. The molecule has 1 aromatic heterocycles. The van der Waals surface area contributed by atoms with Crippen molar-refractivity contribution >= 4 is 28.2 Å². The summed E-state index contributed by atoms with van der Waals surface area (Å²) in [6.45, 7) is 7.13. The number of thiophene rings is 1. The third kappa shape index (κ3) is 2.82. The second kappa shape index (κ2) is 4.25. The average molecular weight is 241 g/mol. The molecule has 0 radical (unpaired) electrons. The van der Waals surface area contributed by atoms with Crippen molar-refractivity contribution < 1.29 is 14.7 Å². The largest absolute Gasteiger partial charge is 0.477 e. The molecule has 0 spiro atoms. The van der Waals surface area contributed by atoms with Crippen LogP contribution in [-0.4, -0.2) is 17.0 Å². The maximum atomic E-state index is 11.7. The number of rotatable bonds is 2. The van der Waals surface area contributed by atoms with Crippen LogP contribution in [0.5, 0.6) is 0 Å². The highest BCUT2D eigenvalue weighted by Crippen LogP contribution is 2.28. The normalized spacial score (nSPS) is 11.2. The van der Waals surface area contributed by atoms with Crippen LogP contribution in [0.1, 0.15) is 36.0 Å². The number of anilines is 1. The van der Waals surface area contributed by atoms with Crippen LogP contribution in [0.3, 0.4) is 0 Å². The first-order chi connectivity index (χ1) is 7.21. The Morgan fingerprint density at radius 3 is 2.31 bits per heavy atom. The van der Waals surface area contributed by atoms with E-state index in [1.54, 1.807) is 33.8 Å². The fourth-order valence-corrected chi connectivity index (χ4v) is 1.96. The van der Waals surface area contributed by atoms with Crippen molar-refractivity contribution in [3.63, 3.8) is 0 Å². The summed E-state index contributed by atoms with van der Waals surface area (Å²) < 4.78 is 0. The predicted molar refractivity (Wildman–Crippen MR) is 64.1 cm³/mol. The summed E-state index contributed by atoms with van der Waals surface area (Å²) in [6.07, 6.45) is 0. The number of carboxylic acids is 1. The van der Waals surface area contributed by atoms with Crippen molar-refractivity contribution in [3.05, 3.63) is 16.5 Å². The maximum Gasteiger partial charge on any atom is 0.346 e. The number of hydrogen-bond donors (Lipinski definition) is 2. The molecule has 1 amide bonds. The van der Waals surface area contributed by atoms with E-state index in [-0.39, 0.29) is 10.8 Å². The van der Waals surface area contributed by atoms with Gasteiger partial charge in [-0.2, -0.15) is 0 Å². The molecule has 0 saturated carbocycles. The number of aryl methyl sites for hydroxylation is 1. The molecule has 1 aromatic rings. The second-order valence-electron chi connectivity index (χ2n) is 4.63. The number of carboxylic acid groups (broad SMARTS) is 1. The predicted octanol–water partition coefficient (Wildman–Crippen LogP) is 2.74. The molecular weight excluding hydrogens is 226 g/mol. The number of aromatic carboxylic acids is 1. The van der Waals surface area contributed by atoms with Gasteiger partial charge in [0.25, 0.3) is 0 Å². The first-order valence-electron chi connectivity index (χ1n) is 4.87. The lowest BCUT2D eigenvalue weighted by molar-refractivity contribution is -0.123. The van der Waals surface area contributed by atoms with Crippen molar-refractivity contribution in [2.75, 3.05) is 5.32 Å². The summed E-state index contributed by atoms with van der Waals surface area (Å²) in [6, 6.07) is 1.68. The van der Waals surface area contributed by atoms with E-state index in [1.165, 1.54) is 0 Å². The van der Waals surface area contributed by atoms with Crippen LogP contribution in [0.15, 0.2) is 6.07 Å². The molecule has 1 rings (SSSR count). The van der Waals surface area contributed by atoms with Crippen LogP contribution in [0.2, 0.25) is 0 Å². The summed E-state index contributed by atoms with van der Waals surface area (Å²) in [5.41, 5.74) is 0.183. The van der Waals surface area contributed by atoms with Crippen molar-refractivity contribution in [2.24, 2.45) is 5.41 Å². The molecule has 0 aliphatic rings. The fourth-order valence-electron chi connectivity index (χ4n) is 1.06. The van der Waals surface area contributed by atoms with Crippen LogP contribution in [0.25, 0.3) is 0 Å². The molecule has 0 atom stereocenters. The molecule has 0 aliphatic heterocycles. The molecule has 0 bridgehead atoms. The Hall–Kier alpha value is -1.36. The van der Waals surface area contributed by atoms with Gasteiger partial charge in [-0.25, -0.2) is 4.79 Å². The van der Waals surface area contributed by atoms with Crippen LogP contribution in [0.4, 0.5) is 5.00 Å². The van der Waals surface area contributed by atoms with Gasteiger partial charge in [0.1, 0.15) is 4.88 Å². The molecule has 0 saturated heterocycles. The van der Waals surface area contributed by atoms with Gasteiger partial charge in [0, 0.05) is 5.41 Å². The van der Waals surface area contributed by atoms with Gasteiger partial charge in [0.15, 0.2) is 0 Å². The minimum atomic E-state index is -0.959. The van der Waals surface area contributed by atoms with Crippen LogP contribution < -0.4 is 5.32 Å². The Labute approximate surface area is 98.3 Å². The van der Waals surface area contributed by atoms with Gasteiger partial charge >= 0.3 is 5.97 Å². The molecule has 4 nitrogen and oxygen atoms in total. The van der Waals surface area contributed by atoms with Crippen LogP contribution in [0, 0.1) is 12.3 Å². The highest BCUT2D eigenvalue weighted by molar-refractivity contribution is 7.18. The highest BCUT2D eigenvalue weighted by atomic mass is 32.1. The van der Waals surface area contributed by atoms with E-state index in [2.05, 4.69) is 5.32 Å². The zero-order valence-electron chi connectivity index (χ0n) is 9.75. The van der Waals surface area contributed by atoms with E-state index >= 15 is 0 Å². The molecule has 88 valence electrons. The first kappa shape index (κ1) is 12.7. The van der Waals surface area contributed by atoms with E-state index in [4.69, 9.17) is 5.11 Å². The van der Waals surface area contributed by atoms with E-state index in [9.17, 15) is 9.59 Å². The molecular formula is C11H15NO3S. The van der Waals surface area contributed by atoms with Crippen molar-refractivity contribution in [3.8, 4) is 0 Å². The number of nitrogens with one attached hydrogen (secondary N) is 1. The fraction of sp³-hybridized carbons (Fsp3) is 0.455. The third-order valence-electron chi connectivity index (χ3n) is 2.03. The lowest BCUT2D eigenvalue weighted by atomic mass is 9.96. The molecule has 1 heterocycles. The maximum absolute atomic E-state index is 11.7. The monoisotopic (exact) mass is 241 g/mol. The summed E-state index contributed by atoms with van der Waals surface area (Å²) >= 11 is 1.08. The number of carbonyl (C=O) groups excluding carboxylic acids is 1. The highest BCUT2D eigenvalue weighted by Gasteiger charge is 2.22. The molecule has 0 fully saturated rings. The number of hydrogen-bond acceptors (Lipinski definition) is 3. The summed E-state index contributed by atoms with van der Waals surface area (Å²) in [7, 11) is 0. The van der Waals surface area contributed by atoms with Gasteiger partial charge in [0.2, 0.25) is 5.91 Å². The number of amides is 1. The van der Waals surface area contributed by atoms with Gasteiger partial charge < -0.3 is 10.4 Å². The van der Waals surface area contributed by atoms with Gasteiger partial charge in [-0.15, -0.1) is 11.3 Å². The van der Waals surface area contributed by atoms with E-state index < -0.39 is 11.4 Å². The van der Waals surface area contributed by atoms with Gasteiger partial charge in [-0.3, -0.25) is 4.79 Å². The Bertz CT molecular complexity index is 429. The topological polar surface area (TPSA) is 66.4 Å². The smallest absolute Gasteiger partial charge is 0.346 e. The molecule has 0 unspecified atom stereocenters. The number of carbonyl (C=O) groups is 2. The minimum absolute atomic E-state index is 0.120. The SMILES string of the molecule is Cc1cc(NC(=O)C(C)(C)C)sc1C(=O)O. The van der Waals surface area contributed by atoms with Gasteiger partial charge in [0.05, 0.1) is 5.00 Å². The Kier molecular flexibility index (Phi) is 3.38. The quantitative estimate of drug-likeness (QED) is 0.836. The van der Waals surface area contributed by atoms with Crippen LogP contribution in [-0.2, 0) is 4.79 Å².